The number of rotatable bonds is 8. The van der Waals surface area contributed by atoms with Crippen LogP contribution < -0.4 is 15.8 Å². The minimum Gasteiger partial charge on any atom is -0.485 e. The summed E-state index contributed by atoms with van der Waals surface area (Å²) in [7, 11) is 0. The molecule has 0 spiro atoms. The van der Waals surface area contributed by atoms with Gasteiger partial charge >= 0.3 is 11.8 Å². The summed E-state index contributed by atoms with van der Waals surface area (Å²) in [5.41, 5.74) is 6.65. The number of nitrogens with zero attached hydrogens (tertiary/aromatic N) is 3. The van der Waals surface area contributed by atoms with Crippen molar-refractivity contribution in [1.82, 2.24) is 20.4 Å². The van der Waals surface area contributed by atoms with Crippen LogP contribution in [0.3, 0.4) is 0 Å². The van der Waals surface area contributed by atoms with Crippen LogP contribution in [0.2, 0.25) is 0 Å². The molecule has 9 heteroatoms. The highest BCUT2D eigenvalue weighted by atomic mass is 16.5. The molecule has 9 nitrogen and oxygen atoms in total. The van der Waals surface area contributed by atoms with Gasteiger partial charge in [-0.25, -0.2) is 0 Å². The number of benzene rings is 1. The van der Waals surface area contributed by atoms with Crippen molar-refractivity contribution in [2.45, 2.75) is 19.6 Å². The number of nitrogens with one attached hydrogen (secondary N) is 1. The van der Waals surface area contributed by atoms with Crippen molar-refractivity contribution in [2.24, 2.45) is 5.73 Å². The van der Waals surface area contributed by atoms with E-state index in [1.165, 1.54) is 0 Å². The number of primary amides is 1. The maximum absolute atomic E-state index is 12.0. The predicted molar refractivity (Wildman–Crippen MR) is 93.4 cm³/mol. The van der Waals surface area contributed by atoms with Crippen molar-refractivity contribution in [2.75, 3.05) is 0 Å². The van der Waals surface area contributed by atoms with E-state index in [4.69, 9.17) is 15.0 Å². The highest BCUT2D eigenvalue weighted by Crippen LogP contribution is 2.14. The molecule has 0 aliphatic rings. The number of amides is 2. The van der Waals surface area contributed by atoms with E-state index in [-0.39, 0.29) is 31.3 Å². The quantitative estimate of drug-likeness (QED) is 0.607. The van der Waals surface area contributed by atoms with Crippen LogP contribution in [0, 0.1) is 0 Å². The Morgan fingerprint density at radius 1 is 1.15 bits per heavy atom. The molecule has 0 aliphatic heterocycles. The molecule has 3 N–H and O–H groups in total. The molecule has 3 rings (SSSR count). The van der Waals surface area contributed by atoms with Gasteiger partial charge in [0.1, 0.15) is 5.75 Å². The Balaban J connectivity index is 1.50. The van der Waals surface area contributed by atoms with Crippen LogP contribution in [-0.2, 0) is 24.4 Å². The molecule has 0 atom stereocenters. The van der Waals surface area contributed by atoms with Crippen LogP contribution in [0.15, 0.2) is 53.2 Å². The lowest BCUT2D eigenvalue weighted by Gasteiger charge is -2.04. The van der Waals surface area contributed by atoms with E-state index >= 15 is 0 Å². The molecule has 2 heterocycles. The summed E-state index contributed by atoms with van der Waals surface area (Å²) in [6.45, 7) is 0.289. The Morgan fingerprint density at radius 3 is 2.67 bits per heavy atom. The Kier molecular flexibility index (Phi) is 5.73. The van der Waals surface area contributed by atoms with E-state index in [1.807, 2.05) is 6.07 Å². The number of nitrogens with two attached hydrogens (primary N) is 1. The van der Waals surface area contributed by atoms with Crippen LogP contribution in [0.5, 0.6) is 5.75 Å². The Bertz CT molecular complexity index is 909. The van der Waals surface area contributed by atoms with E-state index in [2.05, 4.69) is 20.4 Å². The molecule has 0 unspecified atom stereocenters. The van der Waals surface area contributed by atoms with Crippen LogP contribution in [-0.4, -0.2) is 26.9 Å². The van der Waals surface area contributed by atoms with Gasteiger partial charge in [-0.1, -0.05) is 23.4 Å². The van der Waals surface area contributed by atoms with Crippen molar-refractivity contribution in [3.05, 3.63) is 71.6 Å². The molecule has 0 aliphatic carbocycles. The highest BCUT2D eigenvalue weighted by Gasteiger charge is 2.15. The van der Waals surface area contributed by atoms with Crippen molar-refractivity contribution in [1.29, 1.82) is 0 Å². The molecule has 27 heavy (non-hydrogen) atoms. The molecular weight excluding hydrogens is 350 g/mol. The minimum atomic E-state index is -0.491. The number of carbonyl (C=O) groups excluding carboxylic acids is 2. The van der Waals surface area contributed by atoms with Gasteiger partial charge in [0.25, 0.3) is 0 Å². The molecule has 0 fully saturated rings. The summed E-state index contributed by atoms with van der Waals surface area (Å²) < 4.78 is 10.5. The third-order valence-electron chi connectivity index (χ3n) is 3.49. The first-order valence-corrected chi connectivity index (χ1v) is 8.11. The number of ether oxygens (including phenoxy) is 1. The average Bonchev–Trinajstić information content (AvgIpc) is 3.15. The van der Waals surface area contributed by atoms with E-state index < -0.39 is 11.8 Å². The molecule has 2 aromatic heterocycles. The maximum Gasteiger partial charge on any atom is 0.316 e. The number of hydrogen-bond donors (Lipinski definition) is 2. The average molecular weight is 367 g/mol. The first-order valence-electron chi connectivity index (χ1n) is 8.11. The van der Waals surface area contributed by atoms with Crippen molar-refractivity contribution < 1.29 is 18.8 Å². The molecule has 1 aromatic carbocycles. The number of aromatic nitrogens is 3. The zero-order valence-corrected chi connectivity index (χ0v) is 14.3. The Morgan fingerprint density at radius 2 is 1.96 bits per heavy atom. The summed E-state index contributed by atoms with van der Waals surface area (Å²) >= 11 is 0. The number of pyridine rings is 1. The predicted octanol–water partition coefficient (Wildman–Crippen LogP) is 1.00. The third-order valence-corrected chi connectivity index (χ3v) is 3.49. The molecule has 0 saturated carbocycles. The molecule has 138 valence electrons. The molecule has 0 radical (unpaired) electrons. The maximum atomic E-state index is 12.0. The zero-order valence-electron chi connectivity index (χ0n) is 14.3. The summed E-state index contributed by atoms with van der Waals surface area (Å²) in [6.07, 6.45) is 1.81. The fourth-order valence-electron chi connectivity index (χ4n) is 2.21. The van der Waals surface area contributed by atoms with Crippen LogP contribution >= 0.6 is 0 Å². The summed E-state index contributed by atoms with van der Waals surface area (Å²) in [4.78, 5) is 31.0. The standard InChI is InChI=1S/C18H17N5O4/c19-15(24)9-12-4-6-14(7-5-12)26-11-16-22-18(27-23-16)17(25)21-10-13-3-1-2-8-20-13/h1-8H,9-11H2,(H2,19,24)(H,21,25). The minimum absolute atomic E-state index is 0.0339. The van der Waals surface area contributed by atoms with Gasteiger partial charge in [-0.05, 0) is 29.8 Å². The second-order valence-electron chi connectivity index (χ2n) is 5.60. The summed E-state index contributed by atoms with van der Waals surface area (Å²) in [6, 6.07) is 12.3. The number of carbonyl (C=O) groups is 2. The van der Waals surface area contributed by atoms with Gasteiger partial charge in [0.2, 0.25) is 11.7 Å². The Hall–Kier alpha value is -3.75. The molecule has 3 aromatic rings. The van der Waals surface area contributed by atoms with Crippen LogP contribution in [0.25, 0.3) is 0 Å². The van der Waals surface area contributed by atoms with Gasteiger partial charge < -0.3 is 20.3 Å². The van der Waals surface area contributed by atoms with E-state index in [9.17, 15) is 9.59 Å². The second kappa shape index (κ2) is 8.56. The fraction of sp³-hybridized carbons (Fsp3) is 0.167. The number of hydrogen-bond acceptors (Lipinski definition) is 7. The van der Waals surface area contributed by atoms with Crippen LogP contribution in [0.1, 0.15) is 27.8 Å². The van der Waals surface area contributed by atoms with Gasteiger partial charge in [-0.3, -0.25) is 14.6 Å². The smallest absolute Gasteiger partial charge is 0.316 e. The van der Waals surface area contributed by atoms with E-state index in [0.29, 0.717) is 11.4 Å². The SMILES string of the molecule is NC(=O)Cc1ccc(OCc2noc(C(=O)NCc3ccccn3)n2)cc1. The Labute approximate surface area is 154 Å². The largest absolute Gasteiger partial charge is 0.485 e. The van der Waals surface area contributed by atoms with E-state index in [1.54, 1.807) is 42.6 Å². The molecule has 2 amide bonds. The highest BCUT2D eigenvalue weighted by molar-refractivity contribution is 5.89. The monoisotopic (exact) mass is 367 g/mol. The first kappa shape index (κ1) is 18.1. The zero-order chi connectivity index (χ0) is 19.1. The van der Waals surface area contributed by atoms with Crippen molar-refractivity contribution >= 4 is 11.8 Å². The second-order valence-corrected chi connectivity index (χ2v) is 5.60. The van der Waals surface area contributed by atoms with E-state index in [0.717, 1.165) is 5.56 Å². The lowest BCUT2D eigenvalue weighted by Crippen LogP contribution is -2.23. The molecule has 0 saturated heterocycles. The molecular formula is C18H17N5O4. The van der Waals surface area contributed by atoms with Gasteiger partial charge in [0, 0.05) is 6.20 Å². The molecule has 0 bridgehead atoms. The van der Waals surface area contributed by atoms with Crippen molar-refractivity contribution in [3.8, 4) is 5.75 Å². The summed E-state index contributed by atoms with van der Waals surface area (Å²) in [5.74, 6) is -0.241. The topological polar surface area (TPSA) is 133 Å². The lowest BCUT2D eigenvalue weighted by atomic mass is 10.1. The van der Waals surface area contributed by atoms with Crippen LogP contribution in [0.4, 0.5) is 0 Å². The lowest BCUT2D eigenvalue weighted by molar-refractivity contribution is -0.117. The fourth-order valence-corrected chi connectivity index (χ4v) is 2.21. The van der Waals surface area contributed by atoms with Gasteiger partial charge in [-0.2, -0.15) is 4.98 Å². The van der Waals surface area contributed by atoms with Gasteiger partial charge in [0.15, 0.2) is 6.61 Å². The third kappa shape index (κ3) is 5.36. The first-order chi connectivity index (χ1) is 13.1. The van der Waals surface area contributed by atoms with Gasteiger partial charge in [-0.15, -0.1) is 0 Å². The van der Waals surface area contributed by atoms with Gasteiger partial charge in [0.05, 0.1) is 18.7 Å². The normalized spacial score (nSPS) is 10.4. The summed E-state index contributed by atoms with van der Waals surface area (Å²) in [5, 5.41) is 6.36. The van der Waals surface area contributed by atoms with Crippen molar-refractivity contribution in [3.63, 3.8) is 0 Å².